The predicted octanol–water partition coefficient (Wildman–Crippen LogP) is 4.49. The van der Waals surface area contributed by atoms with Crippen LogP contribution in [0.4, 0.5) is 5.69 Å². The van der Waals surface area contributed by atoms with Crippen LogP contribution in [-0.2, 0) is 17.9 Å². The highest BCUT2D eigenvalue weighted by Crippen LogP contribution is 2.19. The largest absolute Gasteiger partial charge is 0.486 e. The summed E-state index contributed by atoms with van der Waals surface area (Å²) < 4.78 is 7.76. The van der Waals surface area contributed by atoms with Gasteiger partial charge in [0, 0.05) is 24.3 Å². The number of carbonyl (C=O) groups excluding carboxylic acids is 2. The summed E-state index contributed by atoms with van der Waals surface area (Å²) in [7, 11) is 0. The molecule has 0 bridgehead atoms. The van der Waals surface area contributed by atoms with E-state index in [4.69, 9.17) is 4.74 Å². The average Bonchev–Trinajstić information content (AvgIpc) is 3.52. The molecule has 1 aromatic heterocycles. The molecule has 34 heavy (non-hydrogen) atoms. The summed E-state index contributed by atoms with van der Waals surface area (Å²) in [6.07, 6.45) is 2.11. The lowest BCUT2D eigenvalue weighted by molar-refractivity contribution is -0.116. The van der Waals surface area contributed by atoms with Gasteiger partial charge in [0.15, 0.2) is 0 Å². The maximum absolute atomic E-state index is 12.9. The van der Waals surface area contributed by atoms with E-state index in [9.17, 15) is 9.59 Å². The number of hydrogen-bond acceptors (Lipinski definition) is 4. The van der Waals surface area contributed by atoms with Crippen LogP contribution in [0.25, 0.3) is 11.0 Å². The SMILES string of the molecule is O=C(Cn1c(COc2ccccc2)nc2ccccc21)Nc1ccc(C(=O)N2CCCC2)cc1. The minimum absolute atomic E-state index is 0.0447. The lowest BCUT2D eigenvalue weighted by Gasteiger charge is -2.15. The van der Waals surface area contributed by atoms with Crippen LogP contribution in [0.2, 0.25) is 0 Å². The van der Waals surface area contributed by atoms with E-state index in [0.717, 1.165) is 42.7 Å². The van der Waals surface area contributed by atoms with E-state index >= 15 is 0 Å². The van der Waals surface area contributed by atoms with Gasteiger partial charge in [0.25, 0.3) is 5.91 Å². The zero-order valence-electron chi connectivity index (χ0n) is 18.8. The average molecular weight is 455 g/mol. The molecule has 1 fully saturated rings. The number of aromatic nitrogens is 2. The molecule has 3 aromatic carbocycles. The zero-order chi connectivity index (χ0) is 23.3. The van der Waals surface area contributed by atoms with Gasteiger partial charge in [-0.3, -0.25) is 9.59 Å². The third-order valence-electron chi connectivity index (χ3n) is 5.96. The second-order valence-corrected chi connectivity index (χ2v) is 8.33. The number of ether oxygens (including phenoxy) is 1. The van der Waals surface area contributed by atoms with Crippen LogP contribution in [0, 0.1) is 0 Å². The molecule has 7 nitrogen and oxygen atoms in total. The van der Waals surface area contributed by atoms with Gasteiger partial charge in [0.05, 0.1) is 11.0 Å². The Bertz CT molecular complexity index is 1290. The highest BCUT2D eigenvalue weighted by Gasteiger charge is 2.19. The van der Waals surface area contributed by atoms with Crippen molar-refractivity contribution in [3.05, 3.63) is 90.3 Å². The molecule has 0 atom stereocenters. The number of anilines is 1. The molecule has 5 rings (SSSR count). The van der Waals surface area contributed by atoms with E-state index in [2.05, 4.69) is 10.3 Å². The van der Waals surface area contributed by atoms with Crippen LogP contribution in [0.1, 0.15) is 29.0 Å². The van der Waals surface area contributed by atoms with E-state index < -0.39 is 0 Å². The zero-order valence-corrected chi connectivity index (χ0v) is 18.8. The van der Waals surface area contributed by atoms with Crippen molar-refractivity contribution in [1.82, 2.24) is 14.5 Å². The number of imidazole rings is 1. The Kier molecular flexibility index (Phi) is 6.25. The summed E-state index contributed by atoms with van der Waals surface area (Å²) in [6.45, 7) is 1.97. The van der Waals surface area contributed by atoms with Crippen molar-refractivity contribution >= 4 is 28.5 Å². The lowest BCUT2D eigenvalue weighted by atomic mass is 10.2. The number of hydrogen-bond donors (Lipinski definition) is 1. The first-order valence-corrected chi connectivity index (χ1v) is 11.5. The molecule has 0 unspecified atom stereocenters. The van der Waals surface area contributed by atoms with E-state index in [1.54, 1.807) is 24.3 Å². The Morgan fingerprint density at radius 3 is 2.35 bits per heavy atom. The molecule has 1 saturated heterocycles. The van der Waals surface area contributed by atoms with Gasteiger partial charge in [-0.05, 0) is 61.4 Å². The molecule has 4 aromatic rings. The molecule has 0 saturated carbocycles. The fourth-order valence-electron chi connectivity index (χ4n) is 4.22. The fourth-order valence-corrected chi connectivity index (χ4v) is 4.22. The maximum Gasteiger partial charge on any atom is 0.253 e. The Labute approximate surface area is 198 Å². The topological polar surface area (TPSA) is 76.5 Å². The number of rotatable bonds is 7. The molecule has 0 radical (unpaired) electrons. The monoisotopic (exact) mass is 454 g/mol. The maximum atomic E-state index is 12.9. The number of para-hydroxylation sites is 3. The molecule has 172 valence electrons. The molecule has 0 aliphatic carbocycles. The van der Waals surface area contributed by atoms with Crippen LogP contribution in [-0.4, -0.2) is 39.4 Å². The molecular formula is C27H26N4O3. The van der Waals surface area contributed by atoms with Gasteiger partial charge < -0.3 is 19.5 Å². The quantitative estimate of drug-likeness (QED) is 0.446. The van der Waals surface area contributed by atoms with Gasteiger partial charge in [-0.15, -0.1) is 0 Å². The summed E-state index contributed by atoms with van der Waals surface area (Å²) in [5.41, 5.74) is 2.97. The number of carbonyl (C=O) groups is 2. The van der Waals surface area contributed by atoms with Crippen molar-refractivity contribution in [1.29, 1.82) is 0 Å². The smallest absolute Gasteiger partial charge is 0.253 e. The standard InChI is InChI=1S/C27H26N4O3/c32-26(28-21-14-12-20(13-15-21)27(33)30-16-6-7-17-30)18-31-24-11-5-4-10-23(24)29-25(31)19-34-22-8-2-1-3-9-22/h1-5,8-15H,6-7,16-19H2,(H,28,32). The minimum atomic E-state index is -0.178. The Morgan fingerprint density at radius 1 is 0.882 bits per heavy atom. The summed E-state index contributed by atoms with van der Waals surface area (Å²) in [4.78, 5) is 32.0. The Morgan fingerprint density at radius 2 is 1.59 bits per heavy atom. The van der Waals surface area contributed by atoms with E-state index in [1.807, 2.05) is 64.1 Å². The van der Waals surface area contributed by atoms with E-state index in [-0.39, 0.29) is 25.0 Å². The van der Waals surface area contributed by atoms with Crippen LogP contribution < -0.4 is 10.1 Å². The van der Waals surface area contributed by atoms with Gasteiger partial charge in [-0.25, -0.2) is 4.98 Å². The first-order valence-electron chi connectivity index (χ1n) is 11.5. The molecule has 0 spiro atoms. The third-order valence-corrected chi connectivity index (χ3v) is 5.96. The number of fused-ring (bicyclic) bond motifs is 1. The second-order valence-electron chi connectivity index (χ2n) is 8.33. The number of nitrogens with zero attached hydrogens (tertiary/aromatic N) is 3. The van der Waals surface area contributed by atoms with Gasteiger partial charge in [-0.1, -0.05) is 30.3 Å². The minimum Gasteiger partial charge on any atom is -0.486 e. The van der Waals surface area contributed by atoms with Crippen LogP contribution in [0.5, 0.6) is 5.75 Å². The number of likely N-dealkylation sites (tertiary alicyclic amines) is 1. The summed E-state index contributed by atoms with van der Waals surface area (Å²) >= 11 is 0. The molecule has 7 heteroatoms. The molecule has 1 aliphatic heterocycles. The highest BCUT2D eigenvalue weighted by molar-refractivity contribution is 5.96. The highest BCUT2D eigenvalue weighted by atomic mass is 16.5. The molecule has 1 N–H and O–H groups in total. The summed E-state index contributed by atoms with van der Waals surface area (Å²) in [6, 6.07) is 24.3. The first-order chi connectivity index (χ1) is 16.7. The predicted molar refractivity (Wildman–Crippen MR) is 131 cm³/mol. The van der Waals surface area contributed by atoms with Crippen molar-refractivity contribution in [3.8, 4) is 5.75 Å². The van der Waals surface area contributed by atoms with Gasteiger partial charge in [0.2, 0.25) is 5.91 Å². The van der Waals surface area contributed by atoms with E-state index in [1.165, 1.54) is 0 Å². The van der Waals surface area contributed by atoms with Crippen molar-refractivity contribution in [2.24, 2.45) is 0 Å². The fraction of sp³-hybridized carbons (Fsp3) is 0.222. The summed E-state index contributed by atoms with van der Waals surface area (Å²) in [5.74, 6) is 1.28. The van der Waals surface area contributed by atoms with Gasteiger partial charge in [-0.2, -0.15) is 0 Å². The molecule has 2 amide bonds. The molecule has 2 heterocycles. The van der Waals surface area contributed by atoms with Crippen molar-refractivity contribution in [2.75, 3.05) is 18.4 Å². The Hall–Kier alpha value is -4.13. The van der Waals surface area contributed by atoms with Gasteiger partial charge >= 0.3 is 0 Å². The number of nitrogens with one attached hydrogen (secondary N) is 1. The first kappa shape index (κ1) is 21.7. The van der Waals surface area contributed by atoms with Crippen molar-refractivity contribution in [2.45, 2.75) is 26.0 Å². The third kappa shape index (κ3) is 4.78. The van der Waals surface area contributed by atoms with Crippen molar-refractivity contribution < 1.29 is 14.3 Å². The number of benzene rings is 3. The molecular weight excluding hydrogens is 428 g/mol. The lowest BCUT2D eigenvalue weighted by Crippen LogP contribution is -2.27. The van der Waals surface area contributed by atoms with Crippen LogP contribution in [0.3, 0.4) is 0 Å². The van der Waals surface area contributed by atoms with Crippen LogP contribution >= 0.6 is 0 Å². The normalized spacial score (nSPS) is 13.2. The molecule has 1 aliphatic rings. The van der Waals surface area contributed by atoms with Gasteiger partial charge in [0.1, 0.15) is 24.7 Å². The summed E-state index contributed by atoms with van der Waals surface area (Å²) in [5, 5.41) is 2.93. The van der Waals surface area contributed by atoms with Crippen LogP contribution in [0.15, 0.2) is 78.9 Å². The van der Waals surface area contributed by atoms with Crippen molar-refractivity contribution in [3.63, 3.8) is 0 Å². The second kappa shape index (κ2) is 9.79. The van der Waals surface area contributed by atoms with E-state index in [0.29, 0.717) is 17.1 Å². The Balaban J connectivity index is 1.28. The number of amides is 2.